The quantitative estimate of drug-likeness (QED) is 0.703. The van der Waals surface area contributed by atoms with Crippen molar-refractivity contribution < 1.29 is 4.79 Å². The molecule has 1 heterocycles. The molecule has 1 atom stereocenters. The van der Waals surface area contributed by atoms with Gasteiger partial charge in [0.05, 0.1) is 0 Å². The first-order chi connectivity index (χ1) is 9.25. The first-order valence-corrected chi connectivity index (χ1v) is 6.71. The van der Waals surface area contributed by atoms with Crippen molar-refractivity contribution in [1.82, 2.24) is 0 Å². The van der Waals surface area contributed by atoms with Crippen molar-refractivity contribution in [3.63, 3.8) is 0 Å². The van der Waals surface area contributed by atoms with Crippen molar-refractivity contribution in [3.8, 4) is 0 Å². The predicted octanol–water partition coefficient (Wildman–Crippen LogP) is 2.90. The van der Waals surface area contributed by atoms with Gasteiger partial charge >= 0.3 is 0 Å². The number of anilines is 1. The van der Waals surface area contributed by atoms with E-state index in [0.717, 1.165) is 18.5 Å². The molecule has 2 aromatic rings. The number of likely N-dealkylation sites (N-methyl/N-ethyl adjacent to an activating group) is 1. The molecule has 1 aliphatic carbocycles. The van der Waals surface area contributed by atoms with E-state index in [4.69, 9.17) is 0 Å². The van der Waals surface area contributed by atoms with Crippen molar-refractivity contribution in [1.29, 1.82) is 0 Å². The number of benzene rings is 2. The maximum Gasteiger partial charge on any atom is 0.241 e. The van der Waals surface area contributed by atoms with Crippen LogP contribution in [0.4, 0.5) is 5.69 Å². The fourth-order valence-corrected chi connectivity index (χ4v) is 3.75. The molecule has 0 radical (unpaired) electrons. The van der Waals surface area contributed by atoms with Gasteiger partial charge in [-0.15, -0.1) is 0 Å². The lowest BCUT2D eigenvalue weighted by Crippen LogP contribution is -2.37. The zero-order valence-electron chi connectivity index (χ0n) is 10.9. The molecule has 0 saturated carbocycles. The van der Waals surface area contributed by atoms with Gasteiger partial charge in [-0.3, -0.25) is 4.79 Å². The Labute approximate surface area is 112 Å². The standard InChI is InChI=1S/C17H15NO/c1-18-15-9-5-4-8-14(15)17(16(18)19)11-10-12-6-2-3-7-13(12)17/h2-9H,10-11H2,1H3. The fraction of sp³-hybridized carbons (Fsp3) is 0.235. The Hall–Kier alpha value is -2.09. The van der Waals surface area contributed by atoms with Gasteiger partial charge in [-0.05, 0) is 35.6 Å². The van der Waals surface area contributed by atoms with Gasteiger partial charge in [0.15, 0.2) is 0 Å². The van der Waals surface area contributed by atoms with Crippen molar-refractivity contribution in [2.45, 2.75) is 18.3 Å². The zero-order chi connectivity index (χ0) is 13.0. The van der Waals surface area contributed by atoms with Crippen LogP contribution in [0.3, 0.4) is 0 Å². The van der Waals surface area contributed by atoms with Crippen molar-refractivity contribution in [2.24, 2.45) is 0 Å². The van der Waals surface area contributed by atoms with Crippen LogP contribution in [0, 0.1) is 0 Å². The molecule has 1 amide bonds. The largest absolute Gasteiger partial charge is 0.314 e. The summed E-state index contributed by atoms with van der Waals surface area (Å²) < 4.78 is 0. The smallest absolute Gasteiger partial charge is 0.241 e. The number of para-hydroxylation sites is 1. The summed E-state index contributed by atoms with van der Waals surface area (Å²) in [7, 11) is 1.89. The highest BCUT2D eigenvalue weighted by molar-refractivity contribution is 6.10. The van der Waals surface area contributed by atoms with Gasteiger partial charge in [-0.2, -0.15) is 0 Å². The van der Waals surface area contributed by atoms with E-state index < -0.39 is 5.41 Å². The topological polar surface area (TPSA) is 20.3 Å². The van der Waals surface area contributed by atoms with Crippen LogP contribution < -0.4 is 4.90 Å². The predicted molar refractivity (Wildman–Crippen MR) is 75.4 cm³/mol. The average Bonchev–Trinajstić information content (AvgIpc) is 2.95. The number of aryl methyl sites for hydroxylation is 1. The Morgan fingerprint density at radius 2 is 1.68 bits per heavy atom. The molecule has 19 heavy (non-hydrogen) atoms. The van der Waals surface area contributed by atoms with Gasteiger partial charge in [-0.25, -0.2) is 0 Å². The fourth-order valence-electron chi connectivity index (χ4n) is 3.75. The van der Waals surface area contributed by atoms with Crippen LogP contribution >= 0.6 is 0 Å². The molecule has 1 aliphatic heterocycles. The number of hydrogen-bond acceptors (Lipinski definition) is 1. The molecule has 2 aliphatic rings. The lowest BCUT2D eigenvalue weighted by molar-refractivity contribution is -0.121. The van der Waals surface area contributed by atoms with E-state index in [1.807, 2.05) is 36.2 Å². The Bertz CT molecular complexity index is 691. The van der Waals surface area contributed by atoms with E-state index in [1.54, 1.807) is 0 Å². The van der Waals surface area contributed by atoms with Crippen LogP contribution in [0.5, 0.6) is 0 Å². The summed E-state index contributed by atoms with van der Waals surface area (Å²) in [6.07, 6.45) is 1.89. The van der Waals surface area contributed by atoms with Crippen molar-refractivity contribution >= 4 is 11.6 Å². The van der Waals surface area contributed by atoms with E-state index in [1.165, 1.54) is 16.7 Å². The Morgan fingerprint density at radius 3 is 2.53 bits per heavy atom. The van der Waals surface area contributed by atoms with Gasteiger partial charge in [-0.1, -0.05) is 42.5 Å². The minimum absolute atomic E-state index is 0.221. The van der Waals surface area contributed by atoms with Crippen molar-refractivity contribution in [3.05, 3.63) is 65.2 Å². The van der Waals surface area contributed by atoms with Crippen LogP contribution in [-0.2, 0) is 16.6 Å². The van der Waals surface area contributed by atoms with Crippen LogP contribution in [0.15, 0.2) is 48.5 Å². The monoisotopic (exact) mass is 249 g/mol. The van der Waals surface area contributed by atoms with Gasteiger partial charge < -0.3 is 4.90 Å². The maximum absolute atomic E-state index is 12.9. The van der Waals surface area contributed by atoms with Gasteiger partial charge in [0.25, 0.3) is 0 Å². The highest BCUT2D eigenvalue weighted by Crippen LogP contribution is 2.52. The molecule has 1 spiro atoms. The number of carbonyl (C=O) groups is 1. The zero-order valence-corrected chi connectivity index (χ0v) is 10.9. The van der Waals surface area contributed by atoms with Crippen LogP contribution in [-0.4, -0.2) is 13.0 Å². The molecule has 94 valence electrons. The van der Waals surface area contributed by atoms with E-state index >= 15 is 0 Å². The summed E-state index contributed by atoms with van der Waals surface area (Å²) in [6, 6.07) is 16.6. The molecule has 0 bridgehead atoms. The molecule has 0 aromatic heterocycles. The summed E-state index contributed by atoms with van der Waals surface area (Å²) in [5.41, 5.74) is 4.33. The Morgan fingerprint density at radius 1 is 1.00 bits per heavy atom. The number of rotatable bonds is 0. The van der Waals surface area contributed by atoms with Gasteiger partial charge in [0.2, 0.25) is 5.91 Å². The molecule has 2 heteroatoms. The minimum Gasteiger partial charge on any atom is -0.314 e. The second-order valence-electron chi connectivity index (χ2n) is 5.44. The number of hydrogen-bond donors (Lipinski definition) is 0. The first-order valence-electron chi connectivity index (χ1n) is 6.71. The highest BCUT2D eigenvalue weighted by atomic mass is 16.2. The molecule has 2 nitrogen and oxygen atoms in total. The number of carbonyl (C=O) groups excluding carboxylic acids is 1. The molecular formula is C17H15NO. The van der Waals surface area contributed by atoms with Crippen LogP contribution in [0.1, 0.15) is 23.1 Å². The molecule has 2 aromatic carbocycles. The second-order valence-corrected chi connectivity index (χ2v) is 5.44. The molecule has 0 saturated heterocycles. The summed E-state index contributed by atoms with van der Waals surface area (Å²) in [4.78, 5) is 14.7. The van der Waals surface area contributed by atoms with E-state index in [9.17, 15) is 4.79 Å². The molecule has 0 fully saturated rings. The minimum atomic E-state index is -0.429. The third kappa shape index (κ3) is 1.14. The Balaban J connectivity index is 2.05. The van der Waals surface area contributed by atoms with Crippen LogP contribution in [0.25, 0.3) is 0 Å². The number of nitrogens with zero attached hydrogens (tertiary/aromatic N) is 1. The van der Waals surface area contributed by atoms with Gasteiger partial charge in [0, 0.05) is 12.7 Å². The van der Waals surface area contributed by atoms with E-state index in [-0.39, 0.29) is 5.91 Å². The third-order valence-corrected chi connectivity index (χ3v) is 4.64. The normalized spacial score (nSPS) is 23.8. The summed E-state index contributed by atoms with van der Waals surface area (Å²) >= 11 is 0. The molecule has 0 N–H and O–H groups in total. The van der Waals surface area contributed by atoms with E-state index in [0.29, 0.717) is 0 Å². The Kier molecular flexibility index (Phi) is 1.97. The lowest BCUT2D eigenvalue weighted by Gasteiger charge is -2.24. The summed E-state index contributed by atoms with van der Waals surface area (Å²) in [5, 5.41) is 0. The van der Waals surface area contributed by atoms with Gasteiger partial charge in [0.1, 0.15) is 5.41 Å². The maximum atomic E-state index is 12.9. The van der Waals surface area contributed by atoms with Crippen molar-refractivity contribution in [2.75, 3.05) is 11.9 Å². The van der Waals surface area contributed by atoms with E-state index in [2.05, 4.69) is 24.3 Å². The SMILES string of the molecule is CN1C(=O)C2(CCc3ccccc32)c2ccccc21. The lowest BCUT2D eigenvalue weighted by atomic mass is 9.76. The third-order valence-electron chi connectivity index (χ3n) is 4.64. The molecular weight excluding hydrogens is 234 g/mol. The molecule has 4 rings (SSSR count). The highest BCUT2D eigenvalue weighted by Gasteiger charge is 2.53. The average molecular weight is 249 g/mol. The summed E-state index contributed by atoms with van der Waals surface area (Å²) in [6.45, 7) is 0. The number of fused-ring (bicyclic) bond motifs is 4. The number of amides is 1. The second kappa shape index (κ2) is 3.47. The first kappa shape index (κ1) is 10.8. The summed E-state index contributed by atoms with van der Waals surface area (Å²) in [5.74, 6) is 0.221. The van der Waals surface area contributed by atoms with Crippen LogP contribution in [0.2, 0.25) is 0 Å². The molecule has 1 unspecified atom stereocenters.